The van der Waals surface area contributed by atoms with Crippen molar-refractivity contribution in [3.8, 4) is 17.2 Å². The molecule has 4 atom stereocenters. The summed E-state index contributed by atoms with van der Waals surface area (Å²) in [4.78, 5) is 128. The maximum absolute atomic E-state index is 15.1. The van der Waals surface area contributed by atoms with Crippen molar-refractivity contribution < 1.29 is 107 Å². The lowest BCUT2D eigenvalue weighted by atomic mass is 10.0. The molecule has 32 nitrogen and oxygen atoms in total. The Balaban J connectivity index is 0.000000212. The molecule has 716 valence electrons. The molecule has 0 saturated heterocycles. The van der Waals surface area contributed by atoms with Crippen LogP contribution in [0.15, 0.2) is 112 Å². The molecular weight excluding hydrogens is 1840 g/mol. The fraction of sp³-hybridized carbons (Fsp3) is 0.430. The van der Waals surface area contributed by atoms with Gasteiger partial charge in [-0.1, -0.05) is 77.7 Å². The summed E-state index contributed by atoms with van der Waals surface area (Å²) >= 11 is 23.7. The van der Waals surface area contributed by atoms with Crippen molar-refractivity contribution in [3.63, 3.8) is 0 Å². The average molecular weight is 1940 g/mol. The molecule has 8 heterocycles. The van der Waals surface area contributed by atoms with Gasteiger partial charge >= 0.3 is 17.9 Å². The number of aromatic carboxylic acids is 1. The maximum Gasteiger partial charge on any atom is 0.340 e. The molecule has 0 spiro atoms. The van der Waals surface area contributed by atoms with Crippen LogP contribution < -0.4 is 70.6 Å². The number of benzene rings is 3. The number of carbonyl (C=O) groups excluding carboxylic acids is 6. The van der Waals surface area contributed by atoms with E-state index in [0.29, 0.717) is 46.0 Å². The second-order valence-corrected chi connectivity index (χ2v) is 32.2. The number of fused-ring (bicyclic) bond motifs is 4. The van der Waals surface area contributed by atoms with Gasteiger partial charge in [0.1, 0.15) is 57.4 Å². The topological polar surface area (TPSA) is 393 Å². The summed E-state index contributed by atoms with van der Waals surface area (Å²) in [7, 11) is 12.5. The van der Waals surface area contributed by atoms with Gasteiger partial charge in [-0.25, -0.2) is 65.1 Å². The van der Waals surface area contributed by atoms with Crippen molar-refractivity contribution in [1.29, 1.82) is 0 Å². The zero-order valence-corrected chi connectivity index (χ0v) is 76.4. The summed E-state index contributed by atoms with van der Waals surface area (Å²) in [6.45, 7) is 13.7. The molecule has 4 aromatic heterocycles. The van der Waals surface area contributed by atoms with Crippen LogP contribution in [0.2, 0.25) is 21.1 Å². The third kappa shape index (κ3) is 24.1. The van der Waals surface area contributed by atoms with E-state index in [1.54, 1.807) is 0 Å². The number of carboxylic acids is 1. The number of carboxylic acid groups (broad SMARTS) is 1. The number of methoxy groups -OCH3 is 5. The third-order valence-corrected chi connectivity index (χ3v) is 23.7. The number of hydrogen-bond acceptors (Lipinski definition) is 27. The summed E-state index contributed by atoms with van der Waals surface area (Å²) in [5.74, 6) is -5.12. The molecule has 46 heteroatoms. The number of ether oxygens (including phenoxy) is 5. The molecule has 7 N–H and O–H groups in total. The largest absolute Gasteiger partial charge is 0.495 e. The standard InChI is InChI=1S/4C15H18ClFN4O.2C9H10FNO3.C8H8FNO3.F2.FH/c4*1-3-15(17)9-21(10-6-4-5-7-10)12-11(20(2)13(15)22)8-18-14(16)19-12;2*1-13-8-3-5(9(12)14-2)6(10)4-7(8)11;1-13-7-2-4(8(11)12)5(9)3-6(7)10;1-2;/h4*3,8,10H,1,4-7,9H2,2H3;2*3-4H,11H2,1-2H3;2-3H,10H2,1H3,(H,11,12);;1H/t3*15-;;;;;;/m110....../s1. The number of nitrogens with two attached hydrogens (primary N) is 3. The minimum Gasteiger partial charge on any atom is -0.495 e. The average Bonchev–Trinajstić information content (AvgIpc) is 1.63. The fourth-order valence-electron chi connectivity index (χ4n) is 15.9. The van der Waals surface area contributed by atoms with Gasteiger partial charge in [0.25, 0.3) is 23.6 Å². The van der Waals surface area contributed by atoms with E-state index in [2.05, 4.69) is 75.7 Å². The van der Waals surface area contributed by atoms with Crippen LogP contribution in [0, 0.1) is 17.5 Å². The molecule has 3 aromatic carbocycles. The van der Waals surface area contributed by atoms with E-state index in [1.165, 1.54) is 120 Å². The zero-order chi connectivity index (χ0) is 97.1. The van der Waals surface area contributed by atoms with Crippen molar-refractivity contribution in [3.05, 3.63) is 167 Å². The SMILES string of the molecule is C=CC1(F)CN(C2CCCC2)c2nc(Cl)ncc2N(C)C1=O.C=C[C@@]1(F)CN(C2CCCC2)c2nc(Cl)ncc2N(C)C1=O.C=C[C@@]1(F)CN(C2CCCC2)c2nc(Cl)ncc2N(C)C1=O.C=C[C@]1(F)CN(C2CCCC2)c2nc(Cl)ncc2N(C)C1=O.COC(=O)c1cc(OC)c(N)cc1F.COC(=O)c1cc(OC)c(N)cc1F.COc1cc(C(=O)O)c(F)cc1N.F.FF. The molecule has 7 aromatic rings. The van der Waals surface area contributed by atoms with Crippen molar-refractivity contribution in [2.45, 2.75) is 150 Å². The summed E-state index contributed by atoms with van der Waals surface area (Å²) in [5, 5.41) is 8.90. The second kappa shape index (κ2) is 46.7. The molecule has 4 saturated carbocycles. The van der Waals surface area contributed by atoms with Gasteiger partial charge in [-0.3, -0.25) is 23.9 Å². The lowest BCUT2D eigenvalue weighted by Gasteiger charge is -2.32. The number of alkyl halides is 4. The highest BCUT2D eigenvalue weighted by atomic mass is 35.5. The van der Waals surface area contributed by atoms with Crippen LogP contribution in [0.1, 0.15) is 134 Å². The third-order valence-electron chi connectivity index (χ3n) is 23.0. The minimum absolute atomic E-state index is 0. The Kier molecular flexibility index (Phi) is 37.7. The molecular formula is C86H101Cl4F10N19O13. The van der Waals surface area contributed by atoms with Crippen LogP contribution >= 0.6 is 46.4 Å². The lowest BCUT2D eigenvalue weighted by Crippen LogP contribution is -2.49. The van der Waals surface area contributed by atoms with Gasteiger partial charge in [-0.05, 0) is 140 Å². The molecule has 4 aliphatic carbocycles. The molecule has 4 aliphatic heterocycles. The minimum atomic E-state index is -2.15. The predicted octanol–water partition coefficient (Wildman–Crippen LogP) is 15.5. The molecule has 0 bridgehead atoms. The van der Waals surface area contributed by atoms with Gasteiger partial charge in [0.05, 0.1) is 120 Å². The number of nitrogens with zero attached hydrogens (tertiary/aromatic N) is 16. The smallest absolute Gasteiger partial charge is 0.340 e. The number of carbonyl (C=O) groups is 7. The van der Waals surface area contributed by atoms with Gasteiger partial charge in [0.2, 0.25) is 43.8 Å². The van der Waals surface area contributed by atoms with Crippen LogP contribution in [0.5, 0.6) is 17.2 Å². The first-order valence-corrected chi connectivity index (χ1v) is 42.1. The van der Waals surface area contributed by atoms with E-state index in [-0.39, 0.29) is 122 Å². The quantitative estimate of drug-likeness (QED) is 0.0258. The van der Waals surface area contributed by atoms with E-state index in [1.807, 2.05) is 19.6 Å². The van der Waals surface area contributed by atoms with E-state index in [0.717, 1.165) is 151 Å². The van der Waals surface area contributed by atoms with Gasteiger partial charge in [0, 0.05) is 79.7 Å². The number of anilines is 11. The predicted molar refractivity (Wildman–Crippen MR) is 483 cm³/mol. The number of nitrogen functional groups attached to an aromatic ring is 3. The summed E-state index contributed by atoms with van der Waals surface area (Å²) < 4.78 is 139. The van der Waals surface area contributed by atoms with E-state index < -0.39 is 87.2 Å². The Morgan fingerprint density at radius 2 is 0.598 bits per heavy atom. The van der Waals surface area contributed by atoms with E-state index in [4.69, 9.17) is 92.1 Å². The highest BCUT2D eigenvalue weighted by Crippen LogP contribution is 2.45. The number of amides is 4. The first kappa shape index (κ1) is 107. The molecule has 8 aliphatic rings. The summed E-state index contributed by atoms with van der Waals surface area (Å²) in [6, 6.07) is 7.02. The summed E-state index contributed by atoms with van der Waals surface area (Å²) in [6.07, 6.45) is 26.5. The summed E-state index contributed by atoms with van der Waals surface area (Å²) in [5.41, 5.74) is 9.00. The van der Waals surface area contributed by atoms with Crippen molar-refractivity contribution in [1.82, 2.24) is 39.9 Å². The van der Waals surface area contributed by atoms with Crippen molar-refractivity contribution in [2.24, 2.45) is 0 Å². The van der Waals surface area contributed by atoms with Crippen LogP contribution in [-0.4, -0.2) is 223 Å². The first-order chi connectivity index (χ1) is 62.1. The van der Waals surface area contributed by atoms with Gasteiger partial charge < -0.3 is 85.2 Å². The Labute approximate surface area is 774 Å². The Hall–Kier alpha value is -12.3. The number of rotatable bonds is 14. The number of esters is 2. The van der Waals surface area contributed by atoms with E-state index in [9.17, 15) is 46.7 Å². The molecule has 4 amide bonds. The van der Waals surface area contributed by atoms with Crippen molar-refractivity contribution >= 4 is 151 Å². The second-order valence-electron chi connectivity index (χ2n) is 30.9. The van der Waals surface area contributed by atoms with Gasteiger partial charge in [-0.2, -0.15) is 19.9 Å². The van der Waals surface area contributed by atoms with Crippen LogP contribution in [0.25, 0.3) is 0 Å². The molecule has 0 radical (unpaired) electrons. The molecule has 15 rings (SSSR count). The normalized spacial score (nSPS) is 20.4. The monoisotopic (exact) mass is 1940 g/mol. The fourth-order valence-corrected chi connectivity index (χ4v) is 16.4. The van der Waals surface area contributed by atoms with Crippen LogP contribution in [0.4, 0.5) is 108 Å². The van der Waals surface area contributed by atoms with E-state index >= 15 is 17.6 Å². The number of halogens is 14. The highest BCUT2D eigenvalue weighted by molar-refractivity contribution is 6.29. The molecule has 4 fully saturated rings. The van der Waals surface area contributed by atoms with Crippen LogP contribution in [0.3, 0.4) is 0 Å². The van der Waals surface area contributed by atoms with Crippen molar-refractivity contribution in [2.75, 3.05) is 146 Å². The zero-order valence-electron chi connectivity index (χ0n) is 73.4. The Bertz CT molecular complexity index is 4870. The Morgan fingerprint density at radius 1 is 0.402 bits per heavy atom. The van der Waals surface area contributed by atoms with Gasteiger partial charge in [0.15, 0.2) is 23.3 Å². The maximum atomic E-state index is 15.1. The number of aromatic nitrogens is 8. The number of hydrogen-bond donors (Lipinski definition) is 4. The lowest BCUT2D eigenvalue weighted by molar-refractivity contribution is -0.127. The first-order valence-electron chi connectivity index (χ1n) is 40.6. The molecule has 132 heavy (non-hydrogen) atoms. The highest BCUT2D eigenvalue weighted by Gasteiger charge is 2.51. The van der Waals surface area contributed by atoms with Crippen LogP contribution in [-0.2, 0) is 28.7 Å². The molecule has 1 unspecified atom stereocenters. The van der Waals surface area contributed by atoms with Gasteiger partial charge in [-0.15, -0.1) is 0 Å². The Morgan fingerprint density at radius 3 is 0.780 bits per heavy atom.